The topological polar surface area (TPSA) is 94.3 Å². The summed E-state index contributed by atoms with van der Waals surface area (Å²) in [5.41, 5.74) is 0.743. The largest absolute Gasteiger partial charge is 0.497 e. The second kappa shape index (κ2) is 7.34. The second-order valence-corrected chi connectivity index (χ2v) is 8.53. The van der Waals surface area contributed by atoms with Crippen molar-refractivity contribution in [2.75, 3.05) is 13.7 Å². The molecule has 2 aromatic heterocycles. The SMILES string of the molecule is COc1cccc(-c2nnc(CCNS(=O)(=O)c3ccc(C)s3)o2)c1. The number of hydrogen-bond acceptors (Lipinski definition) is 7. The van der Waals surface area contributed by atoms with Crippen LogP contribution < -0.4 is 9.46 Å². The molecule has 0 saturated carbocycles. The molecule has 3 rings (SSSR count). The molecule has 0 saturated heterocycles. The van der Waals surface area contributed by atoms with Crippen LogP contribution in [0.4, 0.5) is 0 Å². The van der Waals surface area contributed by atoms with E-state index in [1.165, 1.54) is 11.3 Å². The standard InChI is InChI=1S/C16H17N3O4S2/c1-11-6-7-15(24-11)25(20,21)17-9-8-14-18-19-16(23-14)12-4-3-5-13(10-12)22-2/h3-7,10,17H,8-9H2,1-2H3. The zero-order chi connectivity index (χ0) is 17.9. The van der Waals surface area contributed by atoms with Gasteiger partial charge < -0.3 is 9.15 Å². The van der Waals surface area contributed by atoms with Gasteiger partial charge in [-0.15, -0.1) is 21.5 Å². The Morgan fingerprint density at radius 3 is 2.80 bits per heavy atom. The maximum Gasteiger partial charge on any atom is 0.250 e. The van der Waals surface area contributed by atoms with Crippen LogP contribution in [0.15, 0.2) is 45.0 Å². The maximum absolute atomic E-state index is 12.2. The van der Waals surface area contributed by atoms with Crippen molar-refractivity contribution in [3.8, 4) is 17.2 Å². The van der Waals surface area contributed by atoms with Gasteiger partial charge in [0.2, 0.25) is 21.8 Å². The molecular formula is C16H17N3O4S2. The molecule has 0 aliphatic rings. The van der Waals surface area contributed by atoms with E-state index in [9.17, 15) is 8.42 Å². The Kier molecular flexibility index (Phi) is 5.16. The van der Waals surface area contributed by atoms with Gasteiger partial charge in [0, 0.05) is 23.4 Å². The Balaban J connectivity index is 1.62. The molecule has 0 atom stereocenters. The zero-order valence-electron chi connectivity index (χ0n) is 13.7. The lowest BCUT2D eigenvalue weighted by Crippen LogP contribution is -2.25. The van der Waals surface area contributed by atoms with Gasteiger partial charge in [-0.2, -0.15) is 0 Å². The number of thiophene rings is 1. The molecule has 0 unspecified atom stereocenters. The Bertz CT molecular complexity index is 963. The van der Waals surface area contributed by atoms with Crippen molar-refractivity contribution in [1.29, 1.82) is 0 Å². The van der Waals surface area contributed by atoms with Crippen LogP contribution in [0.3, 0.4) is 0 Å². The van der Waals surface area contributed by atoms with Gasteiger partial charge in [-0.3, -0.25) is 0 Å². The molecule has 1 N–H and O–H groups in total. The Hall–Kier alpha value is -2.23. The van der Waals surface area contributed by atoms with Gasteiger partial charge in [-0.05, 0) is 37.3 Å². The number of aryl methyl sites for hydroxylation is 1. The molecule has 0 fully saturated rings. The summed E-state index contributed by atoms with van der Waals surface area (Å²) in [4.78, 5) is 0.945. The summed E-state index contributed by atoms with van der Waals surface area (Å²) in [5.74, 6) is 1.42. The molecule has 3 aromatic rings. The molecular weight excluding hydrogens is 362 g/mol. The van der Waals surface area contributed by atoms with Crippen LogP contribution >= 0.6 is 11.3 Å². The van der Waals surface area contributed by atoms with Crippen molar-refractivity contribution in [3.63, 3.8) is 0 Å². The first-order valence-electron chi connectivity index (χ1n) is 7.51. The summed E-state index contributed by atoms with van der Waals surface area (Å²) in [6.07, 6.45) is 0.306. The highest BCUT2D eigenvalue weighted by molar-refractivity contribution is 7.91. The van der Waals surface area contributed by atoms with Crippen LogP contribution in [0, 0.1) is 6.92 Å². The predicted octanol–water partition coefficient (Wildman–Crippen LogP) is 2.64. The number of rotatable bonds is 7. The first-order valence-corrected chi connectivity index (χ1v) is 9.81. The van der Waals surface area contributed by atoms with E-state index in [2.05, 4.69) is 14.9 Å². The fraction of sp³-hybridized carbons (Fsp3) is 0.250. The second-order valence-electron chi connectivity index (χ2n) is 5.25. The minimum absolute atomic E-state index is 0.180. The van der Waals surface area contributed by atoms with Gasteiger partial charge in [0.15, 0.2) is 0 Å². The normalized spacial score (nSPS) is 11.6. The van der Waals surface area contributed by atoms with E-state index < -0.39 is 10.0 Å². The van der Waals surface area contributed by atoms with E-state index >= 15 is 0 Å². The highest BCUT2D eigenvalue weighted by atomic mass is 32.2. The van der Waals surface area contributed by atoms with Gasteiger partial charge in [0.25, 0.3) is 0 Å². The monoisotopic (exact) mass is 379 g/mol. The van der Waals surface area contributed by atoms with Crippen molar-refractivity contribution in [2.24, 2.45) is 0 Å². The van der Waals surface area contributed by atoms with E-state index in [1.807, 2.05) is 25.1 Å². The molecule has 0 spiro atoms. The molecule has 9 heteroatoms. The molecule has 2 heterocycles. The van der Waals surface area contributed by atoms with Crippen molar-refractivity contribution >= 4 is 21.4 Å². The molecule has 0 bridgehead atoms. The van der Waals surface area contributed by atoms with Gasteiger partial charge in [-0.25, -0.2) is 13.1 Å². The van der Waals surface area contributed by atoms with Crippen LogP contribution in [-0.4, -0.2) is 32.3 Å². The molecule has 25 heavy (non-hydrogen) atoms. The average Bonchev–Trinajstić information content (AvgIpc) is 3.24. The van der Waals surface area contributed by atoms with Crippen LogP contribution in [0.5, 0.6) is 5.75 Å². The van der Waals surface area contributed by atoms with Crippen LogP contribution in [0.25, 0.3) is 11.5 Å². The van der Waals surface area contributed by atoms with E-state index in [-0.39, 0.29) is 6.54 Å². The number of aromatic nitrogens is 2. The van der Waals surface area contributed by atoms with Crippen molar-refractivity contribution in [3.05, 3.63) is 47.2 Å². The highest BCUT2D eigenvalue weighted by Gasteiger charge is 2.16. The van der Waals surface area contributed by atoms with Crippen LogP contribution in [0.2, 0.25) is 0 Å². The molecule has 0 aliphatic heterocycles. The lowest BCUT2D eigenvalue weighted by Gasteiger charge is -2.02. The maximum atomic E-state index is 12.2. The first kappa shape index (κ1) is 17.6. The molecule has 0 aliphatic carbocycles. The van der Waals surface area contributed by atoms with Crippen molar-refractivity contribution < 1.29 is 17.6 Å². The summed E-state index contributed by atoms with van der Waals surface area (Å²) in [5, 5.41) is 7.95. The van der Waals surface area contributed by atoms with Crippen LogP contribution in [-0.2, 0) is 16.4 Å². The van der Waals surface area contributed by atoms with E-state index in [0.29, 0.717) is 28.2 Å². The Morgan fingerprint density at radius 1 is 1.24 bits per heavy atom. The summed E-state index contributed by atoms with van der Waals surface area (Å²) in [6, 6.07) is 10.6. The highest BCUT2D eigenvalue weighted by Crippen LogP contribution is 2.23. The smallest absolute Gasteiger partial charge is 0.250 e. The third-order valence-corrected chi connectivity index (χ3v) is 6.35. The average molecular weight is 379 g/mol. The van der Waals surface area contributed by atoms with Crippen molar-refractivity contribution in [2.45, 2.75) is 17.6 Å². The summed E-state index contributed by atoms with van der Waals surface area (Å²) >= 11 is 1.23. The fourth-order valence-corrected chi connectivity index (χ4v) is 4.51. The lowest BCUT2D eigenvalue weighted by atomic mass is 10.2. The predicted molar refractivity (Wildman–Crippen MR) is 94.2 cm³/mol. The summed E-state index contributed by atoms with van der Waals surface area (Å²) in [7, 11) is -1.92. The minimum atomic E-state index is -3.50. The Labute approximate surface area is 149 Å². The number of methoxy groups -OCH3 is 1. The molecule has 7 nitrogen and oxygen atoms in total. The lowest BCUT2D eigenvalue weighted by molar-refractivity contribution is 0.414. The fourth-order valence-electron chi connectivity index (χ4n) is 2.15. The minimum Gasteiger partial charge on any atom is -0.497 e. The van der Waals surface area contributed by atoms with E-state index in [4.69, 9.17) is 9.15 Å². The van der Waals surface area contributed by atoms with Gasteiger partial charge in [-0.1, -0.05) is 6.07 Å². The first-order chi connectivity index (χ1) is 12.0. The molecule has 1 aromatic carbocycles. The Morgan fingerprint density at radius 2 is 2.08 bits per heavy atom. The van der Waals surface area contributed by atoms with Crippen molar-refractivity contribution in [1.82, 2.24) is 14.9 Å². The third-order valence-electron chi connectivity index (χ3n) is 3.40. The molecule has 132 valence electrons. The number of ether oxygens (including phenoxy) is 1. The third kappa shape index (κ3) is 4.25. The van der Waals surface area contributed by atoms with Crippen LogP contribution in [0.1, 0.15) is 10.8 Å². The molecule has 0 radical (unpaired) electrons. The number of sulfonamides is 1. The quantitative estimate of drug-likeness (QED) is 0.678. The summed E-state index contributed by atoms with van der Waals surface area (Å²) in [6.45, 7) is 2.04. The van der Waals surface area contributed by atoms with Gasteiger partial charge in [0.05, 0.1) is 7.11 Å². The number of hydrogen-bond donors (Lipinski definition) is 1. The van der Waals surface area contributed by atoms with E-state index in [0.717, 1.165) is 10.4 Å². The summed E-state index contributed by atoms with van der Waals surface area (Å²) < 4.78 is 37.9. The number of nitrogens with zero attached hydrogens (tertiary/aromatic N) is 2. The number of benzene rings is 1. The van der Waals surface area contributed by atoms with Gasteiger partial charge >= 0.3 is 0 Å². The zero-order valence-corrected chi connectivity index (χ0v) is 15.4. The van der Waals surface area contributed by atoms with E-state index in [1.54, 1.807) is 25.3 Å². The number of nitrogens with one attached hydrogen (secondary N) is 1. The molecule has 0 amide bonds. The van der Waals surface area contributed by atoms with Gasteiger partial charge in [0.1, 0.15) is 9.96 Å².